The number of aromatic nitrogens is 4. The number of nitrogens with one attached hydrogen (secondary N) is 2. The first-order chi connectivity index (χ1) is 11.8. The summed E-state index contributed by atoms with van der Waals surface area (Å²) in [6.07, 6.45) is 10.9. The predicted molar refractivity (Wildman–Crippen MR) is 89.4 cm³/mol. The summed E-state index contributed by atoms with van der Waals surface area (Å²) in [4.78, 5) is 23.0. The van der Waals surface area contributed by atoms with E-state index in [1.807, 2.05) is 28.0 Å². The number of amides is 1. The lowest BCUT2D eigenvalue weighted by molar-refractivity contribution is -0.144. The van der Waals surface area contributed by atoms with Crippen molar-refractivity contribution < 1.29 is 4.79 Å². The van der Waals surface area contributed by atoms with Crippen LogP contribution in [0.25, 0.3) is 0 Å². The fraction of sp³-hybridized carbons (Fsp3) is 0.588. The Morgan fingerprint density at radius 1 is 1.21 bits per heavy atom. The van der Waals surface area contributed by atoms with Crippen LogP contribution in [0.4, 0.5) is 0 Å². The lowest BCUT2D eigenvalue weighted by Gasteiger charge is -2.42. The SMILES string of the molecule is O=C(N1CCC(c2ncc[nH]2)CC1)C1(n2cccn2)CCNCC1. The average Bonchev–Trinajstić information content (AvgIpc) is 3.35. The average molecular weight is 328 g/mol. The van der Waals surface area contributed by atoms with Crippen molar-refractivity contribution in [1.82, 2.24) is 30.0 Å². The highest BCUT2D eigenvalue weighted by Crippen LogP contribution is 2.32. The zero-order chi connectivity index (χ0) is 16.4. The number of carbonyl (C=O) groups is 1. The molecule has 2 saturated heterocycles. The van der Waals surface area contributed by atoms with Gasteiger partial charge in [-0.1, -0.05) is 0 Å². The molecule has 1 amide bonds. The van der Waals surface area contributed by atoms with Crippen LogP contribution in [0, 0.1) is 0 Å². The summed E-state index contributed by atoms with van der Waals surface area (Å²) in [6.45, 7) is 3.30. The van der Waals surface area contributed by atoms with Gasteiger partial charge in [-0.3, -0.25) is 9.48 Å². The largest absolute Gasteiger partial charge is 0.348 e. The second kappa shape index (κ2) is 6.39. The quantitative estimate of drug-likeness (QED) is 0.884. The maximum absolute atomic E-state index is 13.4. The van der Waals surface area contributed by atoms with Gasteiger partial charge in [-0.05, 0) is 44.8 Å². The van der Waals surface area contributed by atoms with E-state index in [2.05, 4.69) is 20.4 Å². The second-order valence-electron chi connectivity index (χ2n) is 6.77. The minimum absolute atomic E-state index is 0.227. The van der Waals surface area contributed by atoms with E-state index >= 15 is 0 Å². The summed E-state index contributed by atoms with van der Waals surface area (Å²) in [7, 11) is 0. The monoisotopic (exact) mass is 328 g/mol. The highest BCUT2D eigenvalue weighted by atomic mass is 16.2. The Morgan fingerprint density at radius 2 is 2.00 bits per heavy atom. The van der Waals surface area contributed by atoms with Gasteiger partial charge in [-0.25, -0.2) is 4.98 Å². The molecule has 2 aromatic heterocycles. The number of carbonyl (C=O) groups excluding carboxylic acids is 1. The van der Waals surface area contributed by atoms with E-state index in [-0.39, 0.29) is 5.91 Å². The van der Waals surface area contributed by atoms with Gasteiger partial charge in [0, 0.05) is 43.8 Å². The summed E-state index contributed by atoms with van der Waals surface area (Å²) >= 11 is 0. The summed E-state index contributed by atoms with van der Waals surface area (Å²) in [5, 5.41) is 7.77. The first-order valence-corrected chi connectivity index (χ1v) is 8.79. The molecule has 2 aliphatic rings. The van der Waals surface area contributed by atoms with Crippen LogP contribution in [0.5, 0.6) is 0 Å². The molecule has 2 fully saturated rings. The van der Waals surface area contributed by atoms with Crippen molar-refractivity contribution in [2.45, 2.75) is 37.1 Å². The van der Waals surface area contributed by atoms with Crippen molar-refractivity contribution in [3.05, 3.63) is 36.7 Å². The summed E-state index contributed by atoms with van der Waals surface area (Å²) in [6, 6.07) is 1.90. The summed E-state index contributed by atoms with van der Waals surface area (Å²) in [5.74, 6) is 1.70. The Balaban J connectivity index is 1.50. The topological polar surface area (TPSA) is 78.8 Å². The number of imidazole rings is 1. The zero-order valence-electron chi connectivity index (χ0n) is 13.8. The predicted octanol–water partition coefficient (Wildman–Crippen LogP) is 1.09. The zero-order valence-corrected chi connectivity index (χ0v) is 13.8. The number of H-pyrrole nitrogens is 1. The maximum atomic E-state index is 13.4. The Hall–Kier alpha value is -2.15. The van der Waals surface area contributed by atoms with Crippen LogP contribution in [-0.2, 0) is 10.3 Å². The lowest BCUT2D eigenvalue weighted by atomic mass is 9.85. The molecule has 128 valence electrons. The van der Waals surface area contributed by atoms with Crippen molar-refractivity contribution in [2.24, 2.45) is 0 Å². The van der Waals surface area contributed by atoms with Gasteiger partial charge >= 0.3 is 0 Å². The van der Waals surface area contributed by atoms with Crippen LogP contribution in [0.2, 0.25) is 0 Å². The summed E-state index contributed by atoms with van der Waals surface area (Å²) < 4.78 is 1.88. The van der Waals surface area contributed by atoms with Crippen molar-refractivity contribution in [2.75, 3.05) is 26.2 Å². The Labute approximate surface area is 141 Å². The van der Waals surface area contributed by atoms with Crippen LogP contribution >= 0.6 is 0 Å². The number of nitrogens with zero attached hydrogens (tertiary/aromatic N) is 4. The van der Waals surface area contributed by atoms with Gasteiger partial charge in [-0.2, -0.15) is 5.10 Å². The summed E-state index contributed by atoms with van der Waals surface area (Å²) in [5.41, 5.74) is -0.522. The fourth-order valence-corrected chi connectivity index (χ4v) is 4.05. The Kier molecular flexibility index (Phi) is 4.10. The van der Waals surface area contributed by atoms with E-state index < -0.39 is 5.54 Å². The molecule has 7 heteroatoms. The molecule has 4 heterocycles. The van der Waals surface area contributed by atoms with Crippen molar-refractivity contribution in [3.8, 4) is 0 Å². The third kappa shape index (κ3) is 2.62. The third-order valence-corrected chi connectivity index (χ3v) is 5.46. The maximum Gasteiger partial charge on any atom is 0.250 e. The van der Waals surface area contributed by atoms with Crippen molar-refractivity contribution >= 4 is 5.91 Å². The van der Waals surface area contributed by atoms with Gasteiger partial charge < -0.3 is 15.2 Å². The standard InChI is InChI=1S/C17H24N6O/c24-16(17(4-7-18-8-5-17)23-11-1-6-21-23)22-12-2-14(3-13-22)15-19-9-10-20-15/h1,6,9-11,14,18H,2-5,7-8,12-13H2,(H,19,20). The molecule has 4 rings (SSSR count). The fourth-order valence-electron chi connectivity index (χ4n) is 4.05. The van der Waals surface area contributed by atoms with Crippen LogP contribution in [-0.4, -0.2) is 56.7 Å². The van der Waals surface area contributed by atoms with E-state index in [0.717, 1.165) is 57.7 Å². The highest BCUT2D eigenvalue weighted by Gasteiger charge is 2.45. The van der Waals surface area contributed by atoms with Gasteiger partial charge in [0.25, 0.3) is 5.91 Å². The highest BCUT2D eigenvalue weighted by molar-refractivity contribution is 5.84. The molecule has 0 saturated carbocycles. The number of aromatic amines is 1. The first-order valence-electron chi connectivity index (χ1n) is 8.79. The normalized spacial score (nSPS) is 21.8. The van der Waals surface area contributed by atoms with Crippen LogP contribution in [0.1, 0.15) is 37.4 Å². The van der Waals surface area contributed by atoms with Gasteiger partial charge in [-0.15, -0.1) is 0 Å². The molecule has 0 atom stereocenters. The van der Waals surface area contributed by atoms with Crippen molar-refractivity contribution in [3.63, 3.8) is 0 Å². The molecule has 0 bridgehead atoms. The Bertz CT molecular complexity index is 651. The van der Waals surface area contributed by atoms with Gasteiger partial charge in [0.15, 0.2) is 0 Å². The molecule has 2 aromatic rings. The second-order valence-corrected chi connectivity index (χ2v) is 6.77. The molecule has 0 aliphatic carbocycles. The number of likely N-dealkylation sites (tertiary alicyclic amines) is 1. The van der Waals surface area contributed by atoms with E-state index in [1.54, 1.807) is 12.4 Å². The van der Waals surface area contributed by atoms with Gasteiger partial charge in [0.2, 0.25) is 0 Å². The van der Waals surface area contributed by atoms with Crippen LogP contribution < -0.4 is 5.32 Å². The molecule has 2 aliphatic heterocycles. The molecule has 0 radical (unpaired) electrons. The molecule has 0 unspecified atom stereocenters. The van der Waals surface area contributed by atoms with E-state index in [9.17, 15) is 4.79 Å². The Morgan fingerprint density at radius 3 is 2.62 bits per heavy atom. The van der Waals surface area contributed by atoms with E-state index in [0.29, 0.717) is 5.92 Å². The minimum atomic E-state index is -0.522. The molecule has 7 nitrogen and oxygen atoms in total. The molecule has 0 spiro atoms. The molecule has 2 N–H and O–H groups in total. The van der Waals surface area contributed by atoms with Crippen LogP contribution in [0.3, 0.4) is 0 Å². The minimum Gasteiger partial charge on any atom is -0.348 e. The third-order valence-electron chi connectivity index (χ3n) is 5.46. The van der Waals surface area contributed by atoms with E-state index in [1.165, 1.54) is 0 Å². The molecule has 24 heavy (non-hydrogen) atoms. The first kappa shape index (κ1) is 15.4. The lowest BCUT2D eigenvalue weighted by Crippen LogP contribution is -2.56. The van der Waals surface area contributed by atoms with Gasteiger partial charge in [0.05, 0.1) is 0 Å². The van der Waals surface area contributed by atoms with Crippen LogP contribution in [0.15, 0.2) is 30.9 Å². The molecule has 0 aromatic carbocycles. The van der Waals surface area contributed by atoms with Gasteiger partial charge in [0.1, 0.15) is 11.4 Å². The smallest absolute Gasteiger partial charge is 0.250 e. The van der Waals surface area contributed by atoms with E-state index in [4.69, 9.17) is 0 Å². The molecular weight excluding hydrogens is 304 g/mol. The number of rotatable bonds is 3. The van der Waals surface area contributed by atoms with Crippen molar-refractivity contribution in [1.29, 1.82) is 0 Å². The molecular formula is C17H24N6O. The number of hydrogen-bond acceptors (Lipinski definition) is 4. The number of piperidine rings is 2. The number of hydrogen-bond donors (Lipinski definition) is 2.